The molecule has 1 saturated heterocycles. The fraction of sp³-hybridized carbons (Fsp3) is 0.250. The van der Waals surface area contributed by atoms with Crippen LogP contribution in [0.1, 0.15) is 16.7 Å². The summed E-state index contributed by atoms with van der Waals surface area (Å²) in [6, 6.07) is 15.0. The Morgan fingerprint density at radius 2 is 1.96 bits per heavy atom. The predicted octanol–water partition coefficient (Wildman–Crippen LogP) is 3.60. The first-order valence-corrected chi connectivity index (χ1v) is 8.08. The molecule has 0 amide bonds. The van der Waals surface area contributed by atoms with E-state index >= 15 is 0 Å². The van der Waals surface area contributed by atoms with Gasteiger partial charge in [0.05, 0.1) is 11.4 Å². The van der Waals surface area contributed by atoms with Gasteiger partial charge in [0.1, 0.15) is 5.82 Å². The number of benzene rings is 2. The Labute approximate surface area is 142 Å². The van der Waals surface area contributed by atoms with E-state index in [2.05, 4.69) is 35.3 Å². The topological polar surface area (TPSA) is 39.1 Å². The lowest BCUT2D eigenvalue weighted by atomic mass is 10.0. The molecule has 0 spiro atoms. The molecule has 4 heteroatoms. The maximum Gasteiger partial charge on any atom is 0.132 e. The molecule has 3 rings (SSSR count). The lowest BCUT2D eigenvalue weighted by Gasteiger charge is -2.16. The van der Waals surface area contributed by atoms with Crippen LogP contribution in [0, 0.1) is 18.2 Å². The van der Waals surface area contributed by atoms with Crippen LogP contribution in [-0.2, 0) is 6.54 Å². The molecule has 0 aromatic heterocycles. The van der Waals surface area contributed by atoms with Gasteiger partial charge in [-0.25, -0.2) is 4.39 Å². The fourth-order valence-electron chi connectivity index (χ4n) is 3.06. The summed E-state index contributed by atoms with van der Waals surface area (Å²) in [5.74, 6) is -0.265. The molecule has 0 aliphatic carbocycles. The molecule has 2 N–H and O–H groups in total. The van der Waals surface area contributed by atoms with Gasteiger partial charge in [0.25, 0.3) is 0 Å². The maximum absolute atomic E-state index is 14.3. The van der Waals surface area contributed by atoms with E-state index in [1.807, 2.05) is 19.2 Å². The van der Waals surface area contributed by atoms with Crippen LogP contribution in [0.15, 0.2) is 54.1 Å². The Morgan fingerprint density at radius 1 is 1.17 bits per heavy atom. The van der Waals surface area contributed by atoms with Crippen molar-refractivity contribution in [2.75, 3.05) is 20.1 Å². The first-order valence-electron chi connectivity index (χ1n) is 8.08. The van der Waals surface area contributed by atoms with Crippen molar-refractivity contribution in [3.63, 3.8) is 0 Å². The minimum Gasteiger partial charge on any atom is -0.380 e. The molecule has 0 unspecified atom stereocenters. The third-order valence-electron chi connectivity index (χ3n) is 4.22. The van der Waals surface area contributed by atoms with Gasteiger partial charge in [-0.2, -0.15) is 0 Å². The van der Waals surface area contributed by atoms with Gasteiger partial charge in [0.2, 0.25) is 0 Å². The lowest BCUT2D eigenvalue weighted by molar-refractivity contribution is 0.444. The summed E-state index contributed by atoms with van der Waals surface area (Å²) in [4.78, 5) is 2.06. The normalized spacial score (nSPS) is 17.2. The van der Waals surface area contributed by atoms with Gasteiger partial charge < -0.3 is 10.7 Å². The van der Waals surface area contributed by atoms with Crippen LogP contribution in [0.3, 0.4) is 0 Å². The molecule has 0 atom stereocenters. The number of rotatable bonds is 4. The van der Waals surface area contributed by atoms with Crippen molar-refractivity contribution >= 4 is 11.4 Å². The van der Waals surface area contributed by atoms with Crippen LogP contribution in [0.4, 0.5) is 4.39 Å². The fourth-order valence-corrected chi connectivity index (χ4v) is 3.06. The van der Waals surface area contributed by atoms with Crippen molar-refractivity contribution < 1.29 is 4.39 Å². The van der Waals surface area contributed by atoms with Gasteiger partial charge in [0.15, 0.2) is 0 Å². The monoisotopic (exact) mass is 323 g/mol. The zero-order valence-corrected chi connectivity index (χ0v) is 14.1. The van der Waals surface area contributed by atoms with Gasteiger partial charge in [-0.05, 0) is 31.7 Å². The van der Waals surface area contributed by atoms with E-state index in [0.29, 0.717) is 30.9 Å². The first-order chi connectivity index (χ1) is 11.5. The van der Waals surface area contributed by atoms with E-state index in [4.69, 9.17) is 5.41 Å². The summed E-state index contributed by atoms with van der Waals surface area (Å²) < 4.78 is 14.3. The summed E-state index contributed by atoms with van der Waals surface area (Å²) >= 11 is 0. The van der Waals surface area contributed by atoms with Gasteiger partial charge >= 0.3 is 0 Å². The van der Waals surface area contributed by atoms with Crippen molar-refractivity contribution in [1.82, 2.24) is 10.2 Å². The molecular formula is C20H22FN3. The zero-order valence-electron chi connectivity index (χ0n) is 14.1. The van der Waals surface area contributed by atoms with Crippen molar-refractivity contribution in [2.45, 2.75) is 13.5 Å². The van der Waals surface area contributed by atoms with Crippen LogP contribution in [0.25, 0.3) is 5.70 Å². The standard InChI is InChI=1S/C20H22FN3/c1-14-6-5-7-15(10-14)11-23-20(16-8-3-4-9-18(16)21)17-12-24(2)13-19(17)22/h3-10,22-23H,11-13H2,1-2H3/b20-17-,22-19?. The molecule has 1 heterocycles. The Balaban J connectivity index is 1.96. The minimum absolute atomic E-state index is 0.265. The zero-order chi connectivity index (χ0) is 17.1. The van der Waals surface area contributed by atoms with Crippen LogP contribution >= 0.6 is 0 Å². The SMILES string of the molecule is Cc1cccc(CN/C(=C2/CN(C)CC2=N)c2ccccc2F)c1. The average Bonchev–Trinajstić information content (AvgIpc) is 2.88. The number of hydrogen-bond donors (Lipinski definition) is 2. The molecule has 2 aromatic carbocycles. The van der Waals surface area contributed by atoms with Crippen LogP contribution in [-0.4, -0.2) is 30.7 Å². The minimum atomic E-state index is -0.265. The van der Waals surface area contributed by atoms with Gasteiger partial charge in [-0.1, -0.05) is 42.0 Å². The van der Waals surface area contributed by atoms with Crippen LogP contribution in [0.2, 0.25) is 0 Å². The van der Waals surface area contributed by atoms with E-state index in [1.54, 1.807) is 12.1 Å². The Hall–Kier alpha value is -2.46. The number of halogens is 1. The molecule has 3 nitrogen and oxygen atoms in total. The van der Waals surface area contributed by atoms with Crippen molar-refractivity contribution in [3.05, 3.63) is 76.6 Å². The van der Waals surface area contributed by atoms with E-state index in [-0.39, 0.29) is 5.82 Å². The number of aryl methyl sites for hydroxylation is 1. The number of nitrogens with one attached hydrogen (secondary N) is 2. The highest BCUT2D eigenvalue weighted by Crippen LogP contribution is 2.24. The van der Waals surface area contributed by atoms with Gasteiger partial charge in [0, 0.05) is 30.8 Å². The second kappa shape index (κ2) is 6.97. The third-order valence-corrected chi connectivity index (χ3v) is 4.22. The smallest absolute Gasteiger partial charge is 0.132 e. The summed E-state index contributed by atoms with van der Waals surface area (Å²) in [7, 11) is 1.97. The van der Waals surface area contributed by atoms with E-state index in [0.717, 1.165) is 16.8 Å². The molecule has 1 aliphatic rings. The third kappa shape index (κ3) is 3.54. The van der Waals surface area contributed by atoms with E-state index in [1.165, 1.54) is 11.6 Å². The number of likely N-dealkylation sites (tertiary alicyclic amines) is 1. The molecule has 24 heavy (non-hydrogen) atoms. The number of hydrogen-bond acceptors (Lipinski definition) is 3. The Morgan fingerprint density at radius 3 is 2.62 bits per heavy atom. The lowest BCUT2D eigenvalue weighted by Crippen LogP contribution is -2.18. The van der Waals surface area contributed by atoms with Crippen LogP contribution in [0.5, 0.6) is 0 Å². The summed E-state index contributed by atoms with van der Waals surface area (Å²) in [5.41, 5.74) is 5.01. The molecule has 0 radical (unpaired) electrons. The second-order valence-corrected chi connectivity index (χ2v) is 6.33. The highest BCUT2D eigenvalue weighted by molar-refractivity contribution is 6.07. The Kier molecular flexibility index (Phi) is 4.76. The number of likely N-dealkylation sites (N-methyl/N-ethyl adjacent to an activating group) is 1. The molecule has 2 aromatic rings. The molecule has 1 aliphatic heterocycles. The maximum atomic E-state index is 14.3. The summed E-state index contributed by atoms with van der Waals surface area (Å²) in [5, 5.41) is 11.6. The number of nitrogens with zero attached hydrogens (tertiary/aromatic N) is 1. The quantitative estimate of drug-likeness (QED) is 0.902. The molecule has 124 valence electrons. The highest BCUT2D eigenvalue weighted by Gasteiger charge is 2.24. The molecular weight excluding hydrogens is 301 g/mol. The van der Waals surface area contributed by atoms with Crippen molar-refractivity contribution in [2.24, 2.45) is 0 Å². The Bertz CT molecular complexity index is 795. The second-order valence-electron chi connectivity index (χ2n) is 6.33. The van der Waals surface area contributed by atoms with E-state index in [9.17, 15) is 4.39 Å². The van der Waals surface area contributed by atoms with E-state index < -0.39 is 0 Å². The molecule has 0 bridgehead atoms. The summed E-state index contributed by atoms with van der Waals surface area (Å²) in [6.07, 6.45) is 0. The molecule has 0 saturated carbocycles. The largest absolute Gasteiger partial charge is 0.380 e. The van der Waals surface area contributed by atoms with Crippen LogP contribution < -0.4 is 5.32 Å². The van der Waals surface area contributed by atoms with Crippen molar-refractivity contribution in [3.8, 4) is 0 Å². The van der Waals surface area contributed by atoms with Gasteiger partial charge in [-0.15, -0.1) is 0 Å². The first kappa shape index (κ1) is 16.4. The average molecular weight is 323 g/mol. The molecule has 1 fully saturated rings. The highest BCUT2D eigenvalue weighted by atomic mass is 19.1. The van der Waals surface area contributed by atoms with Crippen molar-refractivity contribution in [1.29, 1.82) is 5.41 Å². The summed E-state index contributed by atoms with van der Waals surface area (Å²) in [6.45, 7) is 3.91. The predicted molar refractivity (Wildman–Crippen MR) is 96.6 cm³/mol. The van der Waals surface area contributed by atoms with Gasteiger partial charge in [-0.3, -0.25) is 4.90 Å².